The number of hydrogen-bond acceptors (Lipinski definition) is 3. The molecule has 0 aliphatic heterocycles. The molecule has 1 atom stereocenters. The Kier molecular flexibility index (Phi) is 3.21. The highest BCUT2D eigenvalue weighted by molar-refractivity contribution is 6.17. The number of nitrogens with zero attached hydrogens (tertiary/aromatic N) is 3. The molecule has 18 heavy (non-hydrogen) atoms. The molecule has 0 bridgehead atoms. The van der Waals surface area contributed by atoms with Crippen LogP contribution in [0.25, 0.3) is 11.0 Å². The summed E-state index contributed by atoms with van der Waals surface area (Å²) in [4.78, 5) is 15.6. The molecule has 0 spiro atoms. The third-order valence-corrected chi connectivity index (χ3v) is 3.07. The summed E-state index contributed by atoms with van der Waals surface area (Å²) in [6.07, 6.45) is 0. The molecule has 0 radical (unpaired) electrons. The molecule has 1 aromatic heterocycles. The van der Waals surface area contributed by atoms with Crippen LogP contribution in [0.5, 0.6) is 0 Å². The zero-order chi connectivity index (χ0) is 13.3. The molecular weight excluding hydrogens is 252 g/mol. The van der Waals surface area contributed by atoms with Crippen LogP contribution in [0.1, 0.15) is 24.4 Å². The van der Waals surface area contributed by atoms with Crippen LogP contribution in [0.4, 0.5) is 0 Å². The van der Waals surface area contributed by atoms with Crippen molar-refractivity contribution in [2.24, 2.45) is 5.73 Å². The van der Waals surface area contributed by atoms with Crippen LogP contribution in [0.2, 0.25) is 0 Å². The highest BCUT2D eigenvalue weighted by Crippen LogP contribution is 2.24. The lowest BCUT2D eigenvalue weighted by molar-refractivity contribution is -0.120. The lowest BCUT2D eigenvalue weighted by Gasteiger charge is -2.13. The third-order valence-electron chi connectivity index (χ3n) is 2.83. The first-order valence-electron chi connectivity index (χ1n) is 5.35. The highest BCUT2D eigenvalue weighted by atomic mass is 35.5. The predicted molar refractivity (Wildman–Crippen MR) is 67.9 cm³/mol. The average Bonchev–Trinajstić information content (AvgIpc) is 2.75. The number of nitrogens with two attached hydrogens (primary N) is 1. The first-order valence-corrected chi connectivity index (χ1v) is 5.88. The largest absolute Gasteiger partial charge is 0.368 e. The molecule has 0 saturated heterocycles. The topological polar surface area (TPSA) is 84.7 Å². The van der Waals surface area contributed by atoms with Gasteiger partial charge < -0.3 is 10.3 Å². The molecular formula is C12H11ClN4O. The van der Waals surface area contributed by atoms with Crippen LogP contribution in [0, 0.1) is 11.3 Å². The molecule has 0 aliphatic carbocycles. The van der Waals surface area contributed by atoms with E-state index in [0.29, 0.717) is 22.4 Å². The summed E-state index contributed by atoms with van der Waals surface area (Å²) in [7, 11) is 0. The van der Waals surface area contributed by atoms with Crippen molar-refractivity contribution < 1.29 is 4.79 Å². The molecule has 1 aromatic carbocycles. The zero-order valence-electron chi connectivity index (χ0n) is 9.72. The number of carbonyl (C=O) groups excluding carboxylic acids is 1. The van der Waals surface area contributed by atoms with E-state index in [4.69, 9.17) is 22.6 Å². The van der Waals surface area contributed by atoms with Crippen molar-refractivity contribution in [3.8, 4) is 6.07 Å². The van der Waals surface area contributed by atoms with E-state index in [9.17, 15) is 4.79 Å². The van der Waals surface area contributed by atoms with E-state index >= 15 is 0 Å². The van der Waals surface area contributed by atoms with Gasteiger partial charge in [-0.25, -0.2) is 4.98 Å². The van der Waals surface area contributed by atoms with Gasteiger partial charge in [0.2, 0.25) is 5.91 Å². The molecule has 1 heterocycles. The van der Waals surface area contributed by atoms with Gasteiger partial charge in [0.05, 0.1) is 17.0 Å². The number of aromatic nitrogens is 2. The van der Waals surface area contributed by atoms with Crippen LogP contribution in [0.3, 0.4) is 0 Å². The summed E-state index contributed by atoms with van der Waals surface area (Å²) in [5.74, 6) is 0.209. The van der Waals surface area contributed by atoms with Crippen molar-refractivity contribution in [2.75, 3.05) is 0 Å². The van der Waals surface area contributed by atoms with Gasteiger partial charge in [-0.2, -0.15) is 5.26 Å². The van der Waals surface area contributed by atoms with Gasteiger partial charge in [0.15, 0.2) is 0 Å². The Labute approximate surface area is 109 Å². The van der Waals surface area contributed by atoms with Crippen molar-refractivity contribution in [3.05, 3.63) is 29.6 Å². The molecule has 2 N–H and O–H groups in total. The Bertz CT molecular complexity index is 656. The van der Waals surface area contributed by atoms with Crippen molar-refractivity contribution in [1.82, 2.24) is 9.55 Å². The van der Waals surface area contributed by atoms with E-state index in [2.05, 4.69) is 11.1 Å². The van der Waals surface area contributed by atoms with Crippen LogP contribution in [-0.4, -0.2) is 15.5 Å². The van der Waals surface area contributed by atoms with Gasteiger partial charge in [0.25, 0.3) is 0 Å². The van der Waals surface area contributed by atoms with Crippen molar-refractivity contribution >= 4 is 28.5 Å². The SMILES string of the molecule is CC(C(N)=O)n1c(CCl)nc2c(C#N)cccc21. The first kappa shape index (κ1) is 12.4. The third kappa shape index (κ3) is 1.81. The number of rotatable bonds is 3. The van der Waals surface area contributed by atoms with Crippen LogP contribution in [0.15, 0.2) is 18.2 Å². The Morgan fingerprint density at radius 1 is 1.67 bits per heavy atom. The monoisotopic (exact) mass is 262 g/mol. The summed E-state index contributed by atoms with van der Waals surface area (Å²) < 4.78 is 1.67. The van der Waals surface area contributed by atoms with Crippen LogP contribution >= 0.6 is 11.6 Å². The van der Waals surface area contributed by atoms with Crippen molar-refractivity contribution in [1.29, 1.82) is 5.26 Å². The molecule has 2 rings (SSSR count). The van der Waals surface area contributed by atoms with E-state index in [1.807, 2.05) is 0 Å². The van der Waals surface area contributed by atoms with Gasteiger partial charge in [-0.1, -0.05) is 6.07 Å². The second-order valence-electron chi connectivity index (χ2n) is 3.90. The smallest absolute Gasteiger partial charge is 0.240 e. The Morgan fingerprint density at radius 2 is 2.39 bits per heavy atom. The minimum Gasteiger partial charge on any atom is -0.368 e. The summed E-state index contributed by atoms with van der Waals surface area (Å²) >= 11 is 5.83. The minimum atomic E-state index is -0.558. The van der Waals surface area contributed by atoms with Gasteiger partial charge in [0.1, 0.15) is 23.5 Å². The second-order valence-corrected chi connectivity index (χ2v) is 4.16. The highest BCUT2D eigenvalue weighted by Gasteiger charge is 2.20. The number of benzene rings is 1. The lowest BCUT2D eigenvalue weighted by Crippen LogP contribution is -2.25. The maximum absolute atomic E-state index is 11.3. The second kappa shape index (κ2) is 4.67. The molecule has 92 valence electrons. The number of para-hydroxylation sites is 1. The lowest BCUT2D eigenvalue weighted by atomic mass is 10.2. The predicted octanol–water partition coefficient (Wildman–Crippen LogP) is 1.69. The Hall–Kier alpha value is -2.06. The molecule has 2 aromatic rings. The summed E-state index contributed by atoms with van der Waals surface area (Å²) in [6.45, 7) is 1.68. The summed E-state index contributed by atoms with van der Waals surface area (Å²) in [5.41, 5.74) is 7.01. The number of primary amides is 1. The van der Waals surface area contributed by atoms with E-state index in [-0.39, 0.29) is 5.88 Å². The van der Waals surface area contributed by atoms with E-state index < -0.39 is 11.9 Å². The van der Waals surface area contributed by atoms with Gasteiger partial charge in [0, 0.05) is 0 Å². The molecule has 1 unspecified atom stereocenters. The number of amides is 1. The van der Waals surface area contributed by atoms with Gasteiger partial charge >= 0.3 is 0 Å². The normalized spacial score (nSPS) is 12.3. The molecule has 0 aliphatic rings. The number of imidazole rings is 1. The number of fused-ring (bicyclic) bond motifs is 1. The fourth-order valence-electron chi connectivity index (χ4n) is 1.91. The van der Waals surface area contributed by atoms with E-state index in [1.54, 1.807) is 29.7 Å². The maximum atomic E-state index is 11.3. The fraction of sp³-hybridized carbons (Fsp3) is 0.250. The fourth-order valence-corrected chi connectivity index (χ4v) is 2.10. The molecule has 0 saturated carbocycles. The summed E-state index contributed by atoms with van der Waals surface area (Å²) in [6, 6.07) is 6.71. The maximum Gasteiger partial charge on any atom is 0.240 e. The number of carbonyl (C=O) groups is 1. The minimum absolute atomic E-state index is 0.150. The molecule has 5 nitrogen and oxygen atoms in total. The van der Waals surface area contributed by atoms with Gasteiger partial charge in [-0.15, -0.1) is 11.6 Å². The zero-order valence-corrected chi connectivity index (χ0v) is 10.5. The van der Waals surface area contributed by atoms with Crippen molar-refractivity contribution in [2.45, 2.75) is 18.8 Å². The molecule has 6 heteroatoms. The van der Waals surface area contributed by atoms with E-state index in [0.717, 1.165) is 0 Å². The van der Waals surface area contributed by atoms with E-state index in [1.165, 1.54) is 0 Å². The quantitative estimate of drug-likeness (QED) is 0.854. The van der Waals surface area contributed by atoms with Gasteiger partial charge in [-0.3, -0.25) is 4.79 Å². The number of nitriles is 1. The first-order chi connectivity index (χ1) is 8.60. The number of alkyl halides is 1. The molecule has 0 fully saturated rings. The van der Waals surface area contributed by atoms with Gasteiger partial charge in [-0.05, 0) is 19.1 Å². The standard InChI is InChI=1S/C12H11ClN4O/c1-7(12(15)18)17-9-4-2-3-8(6-14)11(9)16-10(17)5-13/h2-4,7H,5H2,1H3,(H2,15,18). The summed E-state index contributed by atoms with van der Waals surface area (Å²) in [5, 5.41) is 9.03. The van der Waals surface area contributed by atoms with Crippen LogP contribution in [-0.2, 0) is 10.7 Å². The Morgan fingerprint density at radius 3 is 2.94 bits per heavy atom. The number of halogens is 1. The molecule has 1 amide bonds. The average molecular weight is 263 g/mol. The van der Waals surface area contributed by atoms with Crippen LogP contribution < -0.4 is 5.73 Å². The Balaban J connectivity index is 2.79. The van der Waals surface area contributed by atoms with Crippen molar-refractivity contribution in [3.63, 3.8) is 0 Å². The number of hydrogen-bond donors (Lipinski definition) is 1.